The first-order valence-corrected chi connectivity index (χ1v) is 11.5. The maximum Gasteiger partial charge on any atom is 0.408 e. The number of alkyl carbamates (subject to hydrolysis) is 1. The van der Waals surface area contributed by atoms with Gasteiger partial charge in [0.2, 0.25) is 5.91 Å². The zero-order chi connectivity index (χ0) is 23.6. The topological polar surface area (TPSA) is 95.9 Å². The van der Waals surface area contributed by atoms with Gasteiger partial charge in [-0.15, -0.1) is 0 Å². The summed E-state index contributed by atoms with van der Waals surface area (Å²) in [4.78, 5) is 38.7. The van der Waals surface area contributed by atoms with Crippen molar-refractivity contribution >= 4 is 18.0 Å². The second kappa shape index (κ2) is 9.25. The van der Waals surface area contributed by atoms with Crippen LogP contribution in [-0.4, -0.2) is 52.7 Å². The van der Waals surface area contributed by atoms with Gasteiger partial charge in [0, 0.05) is 18.5 Å². The fraction of sp³-hybridized carbons (Fsp3) is 0.423. The average molecular weight is 451 g/mol. The van der Waals surface area contributed by atoms with Gasteiger partial charge in [0.25, 0.3) is 0 Å². The Kier molecular flexibility index (Phi) is 6.40. The van der Waals surface area contributed by atoms with Crippen molar-refractivity contribution in [2.75, 3.05) is 13.2 Å². The number of carbonyl (C=O) groups is 3. The van der Waals surface area contributed by atoms with Gasteiger partial charge in [-0.1, -0.05) is 55.5 Å². The number of nitrogens with one attached hydrogen (secondary N) is 1. The lowest BCUT2D eigenvalue weighted by molar-refractivity contribution is -0.141. The molecule has 2 aromatic carbocycles. The van der Waals surface area contributed by atoms with E-state index in [0.29, 0.717) is 6.42 Å². The van der Waals surface area contributed by atoms with Crippen molar-refractivity contribution in [1.29, 1.82) is 0 Å². The molecule has 2 amide bonds. The van der Waals surface area contributed by atoms with Gasteiger partial charge in [-0.2, -0.15) is 0 Å². The summed E-state index contributed by atoms with van der Waals surface area (Å²) in [6, 6.07) is 16.3. The Bertz CT molecular complexity index is 1020. The second-order valence-electron chi connectivity index (χ2n) is 9.01. The molecular weight excluding hydrogens is 420 g/mol. The van der Waals surface area contributed by atoms with Crippen molar-refractivity contribution < 1.29 is 24.2 Å². The molecule has 0 heterocycles. The largest absolute Gasteiger partial charge is 0.481 e. The lowest BCUT2D eigenvalue weighted by Crippen LogP contribution is -2.58. The number of hydrogen-bond acceptors (Lipinski definition) is 4. The number of ether oxygens (including phenoxy) is 1. The highest BCUT2D eigenvalue weighted by molar-refractivity contribution is 5.90. The molecule has 33 heavy (non-hydrogen) atoms. The molecule has 0 bridgehead atoms. The van der Waals surface area contributed by atoms with E-state index in [0.717, 1.165) is 35.1 Å². The molecule has 1 unspecified atom stereocenters. The van der Waals surface area contributed by atoms with Crippen molar-refractivity contribution in [3.63, 3.8) is 0 Å². The summed E-state index contributed by atoms with van der Waals surface area (Å²) in [5.74, 6) is -1.27. The normalized spacial score (nSPS) is 16.3. The average Bonchev–Trinajstić information content (AvgIpc) is 3.60. The Morgan fingerprint density at radius 1 is 1.06 bits per heavy atom. The predicted octanol–water partition coefficient (Wildman–Crippen LogP) is 4.16. The molecule has 1 atom stereocenters. The van der Waals surface area contributed by atoms with E-state index in [1.54, 1.807) is 11.8 Å². The maximum absolute atomic E-state index is 13.3. The number of aliphatic carboxylic acids is 1. The Morgan fingerprint density at radius 2 is 1.64 bits per heavy atom. The number of carboxylic acids is 1. The molecule has 2 aliphatic carbocycles. The molecule has 0 radical (unpaired) electrons. The Morgan fingerprint density at radius 3 is 2.15 bits per heavy atom. The summed E-state index contributed by atoms with van der Waals surface area (Å²) in [7, 11) is 0. The van der Waals surface area contributed by atoms with Crippen molar-refractivity contribution in [3.05, 3.63) is 59.7 Å². The molecule has 2 N–H and O–H groups in total. The van der Waals surface area contributed by atoms with Crippen LogP contribution in [0.3, 0.4) is 0 Å². The van der Waals surface area contributed by atoms with Crippen LogP contribution < -0.4 is 5.32 Å². The number of carbonyl (C=O) groups excluding carboxylic acids is 2. The van der Waals surface area contributed by atoms with Gasteiger partial charge < -0.3 is 20.1 Å². The third-order valence-corrected chi connectivity index (χ3v) is 6.72. The summed E-state index contributed by atoms with van der Waals surface area (Å²) in [6.07, 6.45) is 1.31. The van der Waals surface area contributed by atoms with Crippen LogP contribution in [0.25, 0.3) is 11.1 Å². The molecule has 7 heteroatoms. The first kappa shape index (κ1) is 22.8. The van der Waals surface area contributed by atoms with Crippen LogP contribution in [0.4, 0.5) is 4.79 Å². The minimum atomic E-state index is -1.16. The molecule has 2 aromatic rings. The van der Waals surface area contributed by atoms with Crippen LogP contribution in [0, 0.1) is 0 Å². The predicted molar refractivity (Wildman–Crippen MR) is 124 cm³/mol. The quantitative estimate of drug-likeness (QED) is 0.598. The van der Waals surface area contributed by atoms with Crippen molar-refractivity contribution in [1.82, 2.24) is 10.2 Å². The number of amides is 2. The third-order valence-electron chi connectivity index (χ3n) is 6.72. The van der Waals surface area contributed by atoms with Crippen molar-refractivity contribution in [2.45, 2.75) is 57.0 Å². The van der Waals surface area contributed by atoms with Crippen LogP contribution in [0.1, 0.15) is 56.6 Å². The maximum atomic E-state index is 13.3. The molecule has 0 saturated heterocycles. The molecule has 7 nitrogen and oxygen atoms in total. The van der Waals surface area contributed by atoms with Crippen molar-refractivity contribution in [2.24, 2.45) is 0 Å². The zero-order valence-electron chi connectivity index (χ0n) is 19.0. The minimum absolute atomic E-state index is 0.0482. The summed E-state index contributed by atoms with van der Waals surface area (Å²) in [6.45, 7) is 3.80. The van der Waals surface area contributed by atoms with Gasteiger partial charge in [-0.25, -0.2) is 4.79 Å². The first-order chi connectivity index (χ1) is 15.8. The lowest BCUT2D eigenvalue weighted by Gasteiger charge is -2.34. The van der Waals surface area contributed by atoms with Gasteiger partial charge in [0.05, 0.1) is 6.42 Å². The Labute approximate surface area is 193 Å². The molecule has 0 spiro atoms. The Hall–Kier alpha value is -3.35. The lowest BCUT2D eigenvalue weighted by atomic mass is 9.96. The number of fused-ring (bicyclic) bond motifs is 3. The number of nitrogens with zero attached hydrogens (tertiary/aromatic N) is 1. The van der Waals surface area contributed by atoms with E-state index in [9.17, 15) is 14.4 Å². The molecule has 1 fully saturated rings. The van der Waals surface area contributed by atoms with E-state index in [1.807, 2.05) is 31.2 Å². The van der Waals surface area contributed by atoms with Gasteiger partial charge in [-0.05, 0) is 48.4 Å². The SMILES string of the molecule is CCC(C)(NC(=O)OCC1c2ccccc2-c2ccccc21)C(=O)N(CCC(=O)O)C1CC1. The van der Waals surface area contributed by atoms with E-state index in [1.165, 1.54) is 0 Å². The standard InChI is InChI=1S/C26H30N2O5/c1-3-26(2,24(31)28(17-12-13-17)15-14-23(29)30)27-25(32)33-16-22-20-10-6-4-8-18(20)19-9-5-7-11-21(19)22/h4-11,17,22H,3,12-16H2,1-2H3,(H,27,32)(H,29,30). The van der Waals surface area contributed by atoms with E-state index in [4.69, 9.17) is 9.84 Å². The van der Waals surface area contributed by atoms with Gasteiger partial charge in [-0.3, -0.25) is 9.59 Å². The highest BCUT2D eigenvalue weighted by Crippen LogP contribution is 2.44. The Balaban J connectivity index is 1.43. The van der Waals surface area contributed by atoms with Crippen LogP contribution in [0.5, 0.6) is 0 Å². The molecule has 0 aliphatic heterocycles. The summed E-state index contributed by atoms with van der Waals surface area (Å²) in [5, 5.41) is 11.8. The zero-order valence-corrected chi connectivity index (χ0v) is 19.0. The third kappa shape index (κ3) is 4.72. The van der Waals surface area contributed by atoms with Gasteiger partial charge in [0.15, 0.2) is 0 Å². The van der Waals surface area contributed by atoms with E-state index < -0.39 is 17.6 Å². The first-order valence-electron chi connectivity index (χ1n) is 11.5. The van der Waals surface area contributed by atoms with E-state index >= 15 is 0 Å². The molecule has 2 aliphatic rings. The van der Waals surface area contributed by atoms with Crippen LogP contribution in [0.2, 0.25) is 0 Å². The fourth-order valence-electron chi connectivity index (χ4n) is 4.52. The van der Waals surface area contributed by atoms with Crippen molar-refractivity contribution in [3.8, 4) is 11.1 Å². The molecule has 174 valence electrons. The summed E-state index contributed by atoms with van der Waals surface area (Å²) in [5.41, 5.74) is 3.37. The minimum Gasteiger partial charge on any atom is -0.481 e. The van der Waals surface area contributed by atoms with Gasteiger partial charge in [0.1, 0.15) is 12.1 Å². The fourth-order valence-corrected chi connectivity index (χ4v) is 4.52. The summed E-state index contributed by atoms with van der Waals surface area (Å²) < 4.78 is 5.63. The monoisotopic (exact) mass is 450 g/mol. The molecule has 4 rings (SSSR count). The van der Waals surface area contributed by atoms with Crippen LogP contribution in [-0.2, 0) is 14.3 Å². The number of hydrogen-bond donors (Lipinski definition) is 2. The number of benzene rings is 2. The molecule has 0 aromatic heterocycles. The van der Waals surface area contributed by atoms with E-state index in [2.05, 4.69) is 29.6 Å². The van der Waals surface area contributed by atoms with Crippen LogP contribution in [0.15, 0.2) is 48.5 Å². The van der Waals surface area contributed by atoms with Crippen LogP contribution >= 0.6 is 0 Å². The molecular formula is C26H30N2O5. The van der Waals surface area contributed by atoms with Gasteiger partial charge >= 0.3 is 12.1 Å². The van der Waals surface area contributed by atoms with E-state index in [-0.39, 0.29) is 37.4 Å². The number of carboxylic acid groups (broad SMARTS) is 1. The second-order valence-corrected chi connectivity index (χ2v) is 9.01. The highest BCUT2D eigenvalue weighted by Gasteiger charge is 2.42. The molecule has 1 saturated carbocycles. The highest BCUT2D eigenvalue weighted by atomic mass is 16.5. The number of rotatable bonds is 9. The summed E-state index contributed by atoms with van der Waals surface area (Å²) >= 11 is 0. The smallest absolute Gasteiger partial charge is 0.408 e.